The third kappa shape index (κ3) is 2.22. The Labute approximate surface area is 92.0 Å². The van der Waals surface area contributed by atoms with Gasteiger partial charge in [0.2, 0.25) is 0 Å². The van der Waals surface area contributed by atoms with Gasteiger partial charge in [0.1, 0.15) is 5.75 Å². The number of phenols is 1. The Balaban J connectivity index is 2.08. The van der Waals surface area contributed by atoms with Crippen molar-refractivity contribution in [2.45, 2.75) is 18.5 Å². The molecule has 0 radical (unpaired) electrons. The Morgan fingerprint density at radius 1 is 1.60 bits per heavy atom. The van der Waals surface area contributed by atoms with Crippen molar-refractivity contribution in [1.29, 1.82) is 0 Å². The van der Waals surface area contributed by atoms with Crippen molar-refractivity contribution in [1.82, 2.24) is 5.32 Å². The minimum absolute atomic E-state index is 0.0312. The molecule has 1 aromatic carbocycles. The van der Waals surface area contributed by atoms with Crippen LogP contribution in [0.4, 0.5) is 0 Å². The van der Waals surface area contributed by atoms with E-state index in [1.165, 1.54) is 18.2 Å². The maximum atomic E-state index is 11.6. The van der Waals surface area contributed by atoms with Crippen LogP contribution in [0.3, 0.4) is 0 Å². The van der Waals surface area contributed by atoms with Crippen LogP contribution in [0.2, 0.25) is 5.02 Å². The van der Waals surface area contributed by atoms with Gasteiger partial charge in [-0.15, -0.1) is 0 Å². The minimum atomic E-state index is -0.213. The first kappa shape index (κ1) is 10.3. The van der Waals surface area contributed by atoms with Gasteiger partial charge < -0.3 is 16.2 Å². The molecular weight excluding hydrogens is 216 g/mol. The van der Waals surface area contributed by atoms with Gasteiger partial charge in [-0.3, -0.25) is 4.79 Å². The molecule has 15 heavy (non-hydrogen) atoms. The average Bonchev–Trinajstić information content (AvgIpc) is 2.86. The highest BCUT2D eigenvalue weighted by atomic mass is 35.5. The van der Waals surface area contributed by atoms with Gasteiger partial charge in [0, 0.05) is 17.6 Å². The van der Waals surface area contributed by atoms with Gasteiger partial charge in [0.15, 0.2) is 0 Å². The molecule has 1 aliphatic rings. The summed E-state index contributed by atoms with van der Waals surface area (Å²) in [7, 11) is 0. The lowest BCUT2D eigenvalue weighted by molar-refractivity contribution is 0.0950. The summed E-state index contributed by atoms with van der Waals surface area (Å²) in [5, 5.41) is 12.1. The first-order valence-corrected chi connectivity index (χ1v) is 5.00. The lowest BCUT2D eigenvalue weighted by Gasteiger charge is -2.04. The highest BCUT2D eigenvalue weighted by molar-refractivity contribution is 6.32. The standard InChI is InChI=1S/C10H11ClN2O2/c11-6-3-5(1-2-9(6)14)10(15)13-8-4-7(8)12/h1-3,7-8,14H,4,12H2,(H,13,15). The number of aromatic hydroxyl groups is 1. The first-order valence-electron chi connectivity index (χ1n) is 4.63. The molecule has 1 aliphatic carbocycles. The molecule has 0 aliphatic heterocycles. The van der Waals surface area contributed by atoms with Crippen molar-refractivity contribution < 1.29 is 9.90 Å². The summed E-state index contributed by atoms with van der Waals surface area (Å²) >= 11 is 5.68. The van der Waals surface area contributed by atoms with Crippen molar-refractivity contribution in [2.75, 3.05) is 0 Å². The van der Waals surface area contributed by atoms with E-state index in [0.717, 1.165) is 6.42 Å². The number of benzene rings is 1. The van der Waals surface area contributed by atoms with E-state index in [4.69, 9.17) is 17.3 Å². The Kier molecular flexibility index (Phi) is 2.54. The molecule has 5 heteroatoms. The zero-order valence-corrected chi connectivity index (χ0v) is 8.66. The molecule has 0 bridgehead atoms. The van der Waals surface area contributed by atoms with Gasteiger partial charge in [0.25, 0.3) is 5.91 Å². The van der Waals surface area contributed by atoms with Crippen LogP contribution in [-0.4, -0.2) is 23.1 Å². The van der Waals surface area contributed by atoms with Crippen LogP contribution in [0.1, 0.15) is 16.8 Å². The highest BCUT2D eigenvalue weighted by Crippen LogP contribution is 2.24. The van der Waals surface area contributed by atoms with E-state index in [1.807, 2.05) is 0 Å². The Morgan fingerprint density at radius 3 is 2.80 bits per heavy atom. The summed E-state index contributed by atoms with van der Waals surface area (Å²) in [6.07, 6.45) is 0.817. The number of amides is 1. The number of nitrogens with one attached hydrogen (secondary N) is 1. The van der Waals surface area contributed by atoms with Gasteiger partial charge in [0.05, 0.1) is 5.02 Å². The van der Waals surface area contributed by atoms with Gasteiger partial charge in [-0.25, -0.2) is 0 Å². The molecule has 1 amide bonds. The molecule has 2 unspecified atom stereocenters. The summed E-state index contributed by atoms with van der Waals surface area (Å²) in [4.78, 5) is 11.6. The van der Waals surface area contributed by atoms with Gasteiger partial charge >= 0.3 is 0 Å². The molecule has 0 aromatic heterocycles. The van der Waals surface area contributed by atoms with E-state index in [1.54, 1.807) is 0 Å². The van der Waals surface area contributed by atoms with E-state index >= 15 is 0 Å². The number of hydrogen-bond donors (Lipinski definition) is 3. The number of rotatable bonds is 2. The molecule has 4 nitrogen and oxygen atoms in total. The number of carbonyl (C=O) groups is 1. The minimum Gasteiger partial charge on any atom is -0.506 e. The summed E-state index contributed by atoms with van der Waals surface area (Å²) in [6.45, 7) is 0. The number of carbonyl (C=O) groups excluding carboxylic acids is 1. The number of hydrogen-bond acceptors (Lipinski definition) is 3. The second-order valence-electron chi connectivity index (χ2n) is 3.65. The quantitative estimate of drug-likeness (QED) is 0.701. The fourth-order valence-electron chi connectivity index (χ4n) is 1.28. The summed E-state index contributed by atoms with van der Waals surface area (Å²) < 4.78 is 0. The summed E-state index contributed by atoms with van der Waals surface area (Å²) in [6, 6.07) is 4.49. The fourth-order valence-corrected chi connectivity index (χ4v) is 1.46. The van der Waals surface area contributed by atoms with E-state index in [2.05, 4.69) is 5.32 Å². The Hall–Kier alpha value is -1.26. The topological polar surface area (TPSA) is 75.3 Å². The molecule has 1 fully saturated rings. The third-order valence-electron chi connectivity index (χ3n) is 2.37. The van der Waals surface area contributed by atoms with E-state index in [0.29, 0.717) is 5.56 Å². The molecule has 0 heterocycles. The molecule has 1 aromatic rings. The SMILES string of the molecule is NC1CC1NC(=O)c1ccc(O)c(Cl)c1. The predicted molar refractivity (Wildman–Crippen MR) is 57.0 cm³/mol. The van der Waals surface area contributed by atoms with Gasteiger partial charge in [-0.2, -0.15) is 0 Å². The smallest absolute Gasteiger partial charge is 0.251 e. The predicted octanol–water partition coefficient (Wildman–Crippen LogP) is 0.875. The summed E-state index contributed by atoms with van der Waals surface area (Å²) in [5.41, 5.74) is 5.99. The largest absolute Gasteiger partial charge is 0.506 e. The average molecular weight is 227 g/mol. The maximum absolute atomic E-state index is 11.6. The van der Waals surface area contributed by atoms with Crippen LogP contribution in [0, 0.1) is 0 Å². The molecule has 0 saturated heterocycles. The van der Waals surface area contributed by atoms with E-state index < -0.39 is 0 Å². The van der Waals surface area contributed by atoms with Crippen LogP contribution in [-0.2, 0) is 0 Å². The second kappa shape index (κ2) is 3.72. The van der Waals surface area contributed by atoms with Crippen molar-refractivity contribution in [3.63, 3.8) is 0 Å². The number of phenolic OH excluding ortho intramolecular Hbond substituents is 1. The first-order chi connectivity index (χ1) is 7.08. The number of nitrogens with two attached hydrogens (primary N) is 1. The third-order valence-corrected chi connectivity index (χ3v) is 2.67. The fraction of sp³-hybridized carbons (Fsp3) is 0.300. The van der Waals surface area contributed by atoms with Crippen molar-refractivity contribution >= 4 is 17.5 Å². The molecule has 80 valence electrons. The molecular formula is C10H11ClN2O2. The van der Waals surface area contributed by atoms with Crippen molar-refractivity contribution in [3.05, 3.63) is 28.8 Å². The normalized spacial score (nSPS) is 23.6. The maximum Gasteiger partial charge on any atom is 0.251 e. The van der Waals surface area contributed by atoms with Crippen molar-refractivity contribution in [3.8, 4) is 5.75 Å². The monoisotopic (exact) mass is 226 g/mol. The van der Waals surface area contributed by atoms with Gasteiger partial charge in [-0.05, 0) is 24.6 Å². The molecule has 4 N–H and O–H groups in total. The Morgan fingerprint density at radius 2 is 2.27 bits per heavy atom. The van der Waals surface area contributed by atoms with Crippen molar-refractivity contribution in [2.24, 2.45) is 5.73 Å². The van der Waals surface area contributed by atoms with Crippen LogP contribution in [0.5, 0.6) is 5.75 Å². The summed E-state index contributed by atoms with van der Waals surface area (Å²) in [5.74, 6) is -0.244. The number of halogens is 1. The van der Waals surface area contributed by atoms with Crippen LogP contribution >= 0.6 is 11.6 Å². The van der Waals surface area contributed by atoms with Crippen LogP contribution < -0.4 is 11.1 Å². The van der Waals surface area contributed by atoms with Crippen LogP contribution in [0.15, 0.2) is 18.2 Å². The second-order valence-corrected chi connectivity index (χ2v) is 4.05. The van der Waals surface area contributed by atoms with Crippen LogP contribution in [0.25, 0.3) is 0 Å². The zero-order chi connectivity index (χ0) is 11.0. The van der Waals surface area contributed by atoms with Gasteiger partial charge in [-0.1, -0.05) is 11.6 Å². The Bertz CT molecular complexity index is 408. The molecule has 0 spiro atoms. The molecule has 2 atom stereocenters. The highest BCUT2D eigenvalue weighted by Gasteiger charge is 2.34. The van der Waals surface area contributed by atoms with E-state index in [-0.39, 0.29) is 28.8 Å². The molecule has 1 saturated carbocycles. The zero-order valence-electron chi connectivity index (χ0n) is 7.90. The lowest BCUT2D eigenvalue weighted by Crippen LogP contribution is -2.29. The molecule has 2 rings (SSSR count). The van der Waals surface area contributed by atoms with E-state index in [9.17, 15) is 9.90 Å². The lowest BCUT2D eigenvalue weighted by atomic mass is 10.2.